The van der Waals surface area contributed by atoms with Crippen molar-refractivity contribution in [1.29, 1.82) is 0 Å². The minimum atomic E-state index is -0.849. The predicted octanol–water partition coefficient (Wildman–Crippen LogP) is 3.45. The van der Waals surface area contributed by atoms with Crippen LogP contribution in [0, 0.1) is 5.92 Å². The van der Waals surface area contributed by atoms with Crippen molar-refractivity contribution in [3.05, 3.63) is 35.9 Å². The van der Waals surface area contributed by atoms with Crippen molar-refractivity contribution in [3.8, 4) is 0 Å². The molecule has 0 aromatic heterocycles. The van der Waals surface area contributed by atoms with E-state index in [0.29, 0.717) is 18.2 Å². The quantitative estimate of drug-likeness (QED) is 0.274. The molecule has 1 aromatic carbocycles. The van der Waals surface area contributed by atoms with Crippen LogP contribution in [-0.4, -0.2) is 16.9 Å². The molecule has 0 amide bonds. The van der Waals surface area contributed by atoms with Crippen LogP contribution in [0.5, 0.6) is 0 Å². The average Bonchev–Trinajstić information content (AvgIpc) is 2.61. The van der Waals surface area contributed by atoms with Gasteiger partial charge in [-0.15, -0.1) is 0 Å². The number of carboxylic acid groups (broad SMARTS) is 1. The summed E-state index contributed by atoms with van der Waals surface area (Å²) in [7, 11) is 0. The Bertz CT molecular complexity index is 448. The number of nitrogens with one attached hydrogen (secondary N) is 1. The van der Waals surface area contributed by atoms with Crippen molar-refractivity contribution < 1.29 is 9.90 Å². The molecule has 138 valence electrons. The molecular formula is C18H34N4O2. The van der Waals surface area contributed by atoms with E-state index in [1.807, 2.05) is 26.8 Å². The molecule has 1 rings (SSSR count). The second kappa shape index (κ2) is 15.8. The Labute approximate surface area is 146 Å². The van der Waals surface area contributed by atoms with E-state index in [2.05, 4.69) is 48.6 Å². The summed E-state index contributed by atoms with van der Waals surface area (Å²) in [6.45, 7) is 10.3. The Morgan fingerprint density at radius 1 is 1.25 bits per heavy atom. The zero-order valence-electron chi connectivity index (χ0n) is 15.6. The van der Waals surface area contributed by atoms with Crippen LogP contribution in [-0.2, 0) is 4.79 Å². The van der Waals surface area contributed by atoms with Gasteiger partial charge in [-0.25, -0.2) is 5.84 Å². The second-order valence-electron chi connectivity index (χ2n) is 5.31. The molecule has 0 radical (unpaired) electrons. The molecule has 6 heteroatoms. The highest BCUT2D eigenvalue weighted by molar-refractivity contribution is 5.85. The molecule has 1 atom stereocenters. The van der Waals surface area contributed by atoms with E-state index < -0.39 is 11.9 Å². The van der Waals surface area contributed by atoms with Gasteiger partial charge in [0.1, 0.15) is 5.84 Å². The first kappa shape index (κ1) is 24.2. The summed E-state index contributed by atoms with van der Waals surface area (Å²) in [6.07, 6.45) is 1.64. The van der Waals surface area contributed by atoms with Gasteiger partial charge in [0, 0.05) is 6.42 Å². The summed E-state index contributed by atoms with van der Waals surface area (Å²) < 4.78 is 0. The van der Waals surface area contributed by atoms with Crippen LogP contribution in [0.25, 0.3) is 0 Å². The van der Waals surface area contributed by atoms with Gasteiger partial charge in [0.2, 0.25) is 0 Å². The lowest BCUT2D eigenvalue weighted by molar-refractivity contribution is -0.141. The van der Waals surface area contributed by atoms with Crippen molar-refractivity contribution >= 4 is 11.8 Å². The smallest absolute Gasteiger partial charge is 0.306 e. The molecule has 0 aliphatic carbocycles. The zero-order chi connectivity index (χ0) is 19.0. The Balaban J connectivity index is 0. The van der Waals surface area contributed by atoms with Crippen LogP contribution in [0.3, 0.4) is 0 Å². The van der Waals surface area contributed by atoms with Crippen molar-refractivity contribution in [1.82, 2.24) is 5.43 Å². The number of rotatable bonds is 6. The predicted molar refractivity (Wildman–Crippen MR) is 101 cm³/mol. The maximum absolute atomic E-state index is 10.7. The monoisotopic (exact) mass is 338 g/mol. The third-order valence-electron chi connectivity index (χ3n) is 3.21. The molecule has 24 heavy (non-hydrogen) atoms. The third kappa shape index (κ3) is 11.5. The summed E-state index contributed by atoms with van der Waals surface area (Å²) in [5.74, 6) is 9.70. The molecule has 0 aliphatic heterocycles. The highest BCUT2D eigenvalue weighted by Crippen LogP contribution is 2.12. The van der Waals surface area contributed by atoms with Gasteiger partial charge in [-0.2, -0.15) is 5.10 Å². The average molecular weight is 338 g/mol. The van der Waals surface area contributed by atoms with E-state index in [0.717, 1.165) is 6.42 Å². The van der Waals surface area contributed by atoms with Gasteiger partial charge in [-0.3, -0.25) is 4.79 Å². The van der Waals surface area contributed by atoms with E-state index in [-0.39, 0.29) is 6.42 Å². The van der Waals surface area contributed by atoms with Crippen molar-refractivity contribution in [2.45, 2.75) is 59.8 Å². The minimum Gasteiger partial charge on any atom is -0.481 e. The van der Waals surface area contributed by atoms with Crippen LogP contribution in [0.4, 0.5) is 0 Å². The van der Waals surface area contributed by atoms with Gasteiger partial charge in [0.15, 0.2) is 0 Å². The maximum atomic E-state index is 10.7. The van der Waals surface area contributed by atoms with E-state index in [9.17, 15) is 4.79 Å². The molecule has 0 saturated carbocycles. The van der Waals surface area contributed by atoms with Gasteiger partial charge in [0.05, 0.1) is 5.92 Å². The molecule has 0 unspecified atom stereocenters. The third-order valence-corrected chi connectivity index (χ3v) is 3.21. The summed E-state index contributed by atoms with van der Waals surface area (Å²) in [5.41, 5.74) is 3.67. The van der Waals surface area contributed by atoms with Crippen molar-refractivity contribution in [3.63, 3.8) is 0 Å². The van der Waals surface area contributed by atoms with Gasteiger partial charge in [-0.05, 0) is 17.9 Å². The molecule has 0 spiro atoms. The summed E-state index contributed by atoms with van der Waals surface area (Å²) >= 11 is 0. The molecule has 0 saturated heterocycles. The van der Waals surface area contributed by atoms with Gasteiger partial charge >= 0.3 is 5.97 Å². The lowest BCUT2D eigenvalue weighted by Crippen LogP contribution is -2.34. The molecule has 6 N–H and O–H groups in total. The SMILES string of the molecule is CC.CC(C)c1ccccc1.CCC[C@@H](C/C(=N/N)NN)C(=O)O. The molecule has 0 fully saturated rings. The number of hydrazone groups is 1. The normalized spacial score (nSPS) is 11.5. The number of amidine groups is 1. The number of hydrogen-bond donors (Lipinski definition) is 4. The topological polar surface area (TPSA) is 114 Å². The fourth-order valence-electron chi connectivity index (χ4n) is 1.88. The summed E-state index contributed by atoms with van der Waals surface area (Å²) in [5, 5.41) is 12.1. The molecular weight excluding hydrogens is 304 g/mol. The zero-order valence-corrected chi connectivity index (χ0v) is 15.6. The van der Waals surface area contributed by atoms with Crippen LogP contribution in [0.15, 0.2) is 35.4 Å². The van der Waals surface area contributed by atoms with E-state index in [1.54, 1.807) is 0 Å². The largest absolute Gasteiger partial charge is 0.481 e. The lowest BCUT2D eigenvalue weighted by atomic mass is 10.00. The molecule has 0 aliphatic rings. The Morgan fingerprint density at radius 3 is 2.08 bits per heavy atom. The van der Waals surface area contributed by atoms with Crippen LogP contribution in [0.1, 0.15) is 65.4 Å². The number of nitrogens with zero attached hydrogens (tertiary/aromatic N) is 1. The standard InChI is InChI=1S/C9H12.C7H16N4O2.C2H6/c1-8(2)9-6-4-3-5-7-9;1-2-3-5(7(12)13)4-6(10-8)11-9;1-2/h3-8H,1-2H3;5H,2-4,8-9H2,1H3,(H,10,11)(H,12,13);1-2H3/t;5-;/m.0./s1. The Morgan fingerprint density at radius 2 is 1.79 bits per heavy atom. The van der Waals surface area contributed by atoms with Gasteiger partial charge in [0.25, 0.3) is 0 Å². The Hall–Kier alpha value is -2.08. The Kier molecular flexibility index (Phi) is 15.9. The fourth-order valence-corrected chi connectivity index (χ4v) is 1.88. The maximum Gasteiger partial charge on any atom is 0.306 e. The number of hydrazine groups is 1. The number of hydrogen-bond acceptors (Lipinski definition) is 4. The van der Waals surface area contributed by atoms with Crippen LogP contribution >= 0.6 is 0 Å². The number of aliphatic carboxylic acids is 1. The number of benzene rings is 1. The number of carbonyl (C=O) groups is 1. The lowest BCUT2D eigenvalue weighted by Gasteiger charge is -2.11. The van der Waals surface area contributed by atoms with Crippen molar-refractivity contribution in [2.75, 3.05) is 0 Å². The molecule has 0 heterocycles. The number of carboxylic acids is 1. The van der Waals surface area contributed by atoms with E-state index >= 15 is 0 Å². The highest BCUT2D eigenvalue weighted by Gasteiger charge is 2.18. The van der Waals surface area contributed by atoms with Crippen LogP contribution in [0.2, 0.25) is 0 Å². The fraction of sp³-hybridized carbons (Fsp3) is 0.556. The second-order valence-corrected chi connectivity index (χ2v) is 5.31. The van der Waals surface area contributed by atoms with Crippen molar-refractivity contribution in [2.24, 2.45) is 22.7 Å². The summed E-state index contributed by atoms with van der Waals surface area (Å²) in [6, 6.07) is 10.5. The first-order chi connectivity index (χ1) is 11.5. The van der Waals surface area contributed by atoms with Crippen LogP contribution < -0.4 is 17.1 Å². The van der Waals surface area contributed by atoms with Gasteiger partial charge < -0.3 is 16.4 Å². The molecule has 0 bridgehead atoms. The van der Waals surface area contributed by atoms with E-state index in [4.69, 9.17) is 16.8 Å². The minimum absolute atomic E-state index is 0.246. The first-order valence-electron chi connectivity index (χ1n) is 8.47. The van der Waals surface area contributed by atoms with Gasteiger partial charge in [-0.1, -0.05) is 71.4 Å². The molecule has 6 nitrogen and oxygen atoms in total. The molecule has 1 aromatic rings. The highest BCUT2D eigenvalue weighted by atomic mass is 16.4. The van der Waals surface area contributed by atoms with E-state index in [1.165, 1.54) is 5.56 Å². The summed E-state index contributed by atoms with van der Waals surface area (Å²) in [4.78, 5) is 10.7. The first-order valence-corrected chi connectivity index (χ1v) is 8.47. The number of nitrogens with two attached hydrogens (primary N) is 2.